The molecule has 0 spiro atoms. The van der Waals surface area contributed by atoms with Gasteiger partial charge in [0.1, 0.15) is 11.5 Å². The van der Waals surface area contributed by atoms with Gasteiger partial charge in [-0.2, -0.15) is 0 Å². The summed E-state index contributed by atoms with van der Waals surface area (Å²) < 4.78 is 11.7. The summed E-state index contributed by atoms with van der Waals surface area (Å²) in [5.41, 5.74) is 6.01. The van der Waals surface area contributed by atoms with Gasteiger partial charge in [0, 0.05) is 11.3 Å². The van der Waals surface area contributed by atoms with Crippen molar-refractivity contribution in [2.75, 3.05) is 18.1 Å². The lowest BCUT2D eigenvalue weighted by molar-refractivity contribution is 0.241. The van der Waals surface area contributed by atoms with Crippen molar-refractivity contribution < 1.29 is 9.47 Å². The molecule has 2 aromatic rings. The minimum absolute atomic E-state index is 0.133. The first-order chi connectivity index (χ1) is 14.9. The highest BCUT2D eigenvalue weighted by molar-refractivity contribution is 5.64. The Morgan fingerprint density at radius 2 is 1.77 bits per heavy atom. The van der Waals surface area contributed by atoms with Gasteiger partial charge in [-0.25, -0.2) is 0 Å². The molecule has 0 atom stereocenters. The van der Waals surface area contributed by atoms with Crippen LogP contribution in [0.3, 0.4) is 0 Å². The number of nitrogens with zero attached hydrogens (tertiary/aromatic N) is 2. The second kappa shape index (κ2) is 10.4. The quantitative estimate of drug-likeness (QED) is 0.325. The third-order valence-electron chi connectivity index (χ3n) is 5.13. The Labute approximate surface area is 187 Å². The van der Waals surface area contributed by atoms with E-state index in [0.717, 1.165) is 36.4 Å². The van der Waals surface area contributed by atoms with Gasteiger partial charge in [0.05, 0.1) is 12.7 Å². The molecule has 0 saturated heterocycles. The molecular formula is C27H34N2O2-. The SMILES string of the molecule is C=Cc1cc(OCCCCN2[C-]N(c3c(C)cc(C)cc3C)C=C2)ccc1OC(C)C. The molecule has 1 heterocycles. The summed E-state index contributed by atoms with van der Waals surface area (Å²) in [4.78, 5) is 4.21. The third kappa shape index (κ3) is 6.06. The molecule has 0 unspecified atom stereocenters. The Morgan fingerprint density at radius 1 is 1.03 bits per heavy atom. The Kier molecular flexibility index (Phi) is 7.67. The molecule has 31 heavy (non-hydrogen) atoms. The summed E-state index contributed by atoms with van der Waals surface area (Å²) in [5.74, 6) is 1.69. The summed E-state index contributed by atoms with van der Waals surface area (Å²) in [6.45, 7) is 19.4. The van der Waals surface area contributed by atoms with Gasteiger partial charge >= 0.3 is 0 Å². The molecule has 0 N–H and O–H groups in total. The Balaban J connectivity index is 1.42. The van der Waals surface area contributed by atoms with Gasteiger partial charge in [-0.05, 0) is 95.7 Å². The number of aryl methyl sites for hydroxylation is 3. The van der Waals surface area contributed by atoms with E-state index >= 15 is 0 Å². The van der Waals surface area contributed by atoms with E-state index in [-0.39, 0.29) is 6.10 Å². The normalized spacial score (nSPS) is 13.2. The maximum absolute atomic E-state index is 5.94. The second-order valence-corrected chi connectivity index (χ2v) is 8.33. The minimum atomic E-state index is 0.133. The van der Waals surface area contributed by atoms with Gasteiger partial charge in [-0.1, -0.05) is 30.4 Å². The van der Waals surface area contributed by atoms with Crippen molar-refractivity contribution in [3.8, 4) is 11.5 Å². The molecule has 0 saturated carbocycles. The number of anilines is 1. The van der Waals surface area contributed by atoms with Gasteiger partial charge < -0.3 is 19.3 Å². The zero-order valence-electron chi connectivity index (χ0n) is 19.4. The largest absolute Gasteiger partial charge is 0.532 e. The fourth-order valence-electron chi connectivity index (χ4n) is 3.86. The Hall–Kier alpha value is -2.88. The van der Waals surface area contributed by atoms with E-state index in [4.69, 9.17) is 9.47 Å². The van der Waals surface area contributed by atoms with Gasteiger partial charge in [-0.3, -0.25) is 6.67 Å². The second-order valence-electron chi connectivity index (χ2n) is 8.33. The summed E-state index contributed by atoms with van der Waals surface area (Å²) >= 11 is 0. The van der Waals surface area contributed by atoms with E-state index in [2.05, 4.69) is 68.4 Å². The summed E-state index contributed by atoms with van der Waals surface area (Å²) in [5, 5.41) is 0. The molecule has 4 heteroatoms. The highest BCUT2D eigenvalue weighted by Gasteiger charge is 2.09. The van der Waals surface area contributed by atoms with Crippen LogP contribution in [-0.2, 0) is 0 Å². The van der Waals surface area contributed by atoms with E-state index in [0.29, 0.717) is 6.61 Å². The Bertz CT molecular complexity index is 910. The molecule has 3 rings (SSSR count). The molecule has 1 aliphatic rings. The highest BCUT2D eigenvalue weighted by atomic mass is 16.5. The van der Waals surface area contributed by atoms with E-state index in [1.165, 1.54) is 22.4 Å². The van der Waals surface area contributed by atoms with Crippen LogP contribution in [0.25, 0.3) is 6.08 Å². The van der Waals surface area contributed by atoms with Gasteiger partial charge in [0.15, 0.2) is 0 Å². The Morgan fingerprint density at radius 3 is 2.45 bits per heavy atom. The number of unbranched alkanes of at least 4 members (excludes halogenated alkanes) is 1. The molecule has 1 radical (unpaired) electrons. The number of rotatable bonds is 10. The van der Waals surface area contributed by atoms with Crippen molar-refractivity contribution in [3.63, 3.8) is 0 Å². The summed E-state index contributed by atoms with van der Waals surface area (Å²) in [6.07, 6.45) is 8.11. The van der Waals surface area contributed by atoms with Crippen LogP contribution < -0.4 is 14.4 Å². The third-order valence-corrected chi connectivity index (χ3v) is 5.13. The zero-order valence-corrected chi connectivity index (χ0v) is 19.4. The average molecular weight is 419 g/mol. The predicted molar refractivity (Wildman–Crippen MR) is 129 cm³/mol. The first-order valence-corrected chi connectivity index (χ1v) is 11.0. The number of hydrogen-bond donors (Lipinski definition) is 0. The monoisotopic (exact) mass is 418 g/mol. The van der Waals surface area contributed by atoms with E-state index in [9.17, 15) is 0 Å². The lowest BCUT2D eigenvalue weighted by atomic mass is 10.0. The lowest BCUT2D eigenvalue weighted by Crippen LogP contribution is -2.21. The molecule has 4 nitrogen and oxygen atoms in total. The van der Waals surface area contributed by atoms with Crippen LogP contribution in [0.2, 0.25) is 0 Å². The molecule has 1 aliphatic heterocycles. The molecular weight excluding hydrogens is 384 g/mol. The fraction of sp³-hybridized carbons (Fsp3) is 0.370. The topological polar surface area (TPSA) is 24.9 Å². The summed E-state index contributed by atoms with van der Waals surface area (Å²) in [7, 11) is 0. The van der Waals surface area contributed by atoms with Crippen LogP contribution in [0.5, 0.6) is 11.5 Å². The standard InChI is InChI=1S/C27H34N2O2/c1-7-24-18-25(10-11-26(24)31-20(2)3)30-15-9-8-12-28-13-14-29(19-28)27-22(5)16-21(4)17-23(27)6/h7,10-11,13-14,16-18,20H,1,8-9,12,15H2,2-6H3/q-1. The smallest absolute Gasteiger partial charge is 0.127 e. The van der Waals surface area contributed by atoms with E-state index < -0.39 is 0 Å². The fourth-order valence-corrected chi connectivity index (χ4v) is 3.86. The van der Waals surface area contributed by atoms with E-state index in [1.807, 2.05) is 32.0 Å². The van der Waals surface area contributed by atoms with Crippen molar-refractivity contribution in [1.82, 2.24) is 4.90 Å². The van der Waals surface area contributed by atoms with Gasteiger partial charge in [0.25, 0.3) is 0 Å². The number of benzene rings is 2. The van der Waals surface area contributed by atoms with Crippen molar-refractivity contribution in [1.29, 1.82) is 0 Å². The van der Waals surface area contributed by atoms with Crippen molar-refractivity contribution >= 4 is 11.8 Å². The summed E-state index contributed by atoms with van der Waals surface area (Å²) in [6, 6.07) is 10.3. The zero-order chi connectivity index (χ0) is 22.4. The minimum Gasteiger partial charge on any atom is -0.532 e. The maximum atomic E-state index is 5.94. The molecule has 0 bridgehead atoms. The maximum Gasteiger partial charge on any atom is 0.127 e. The first-order valence-electron chi connectivity index (χ1n) is 11.0. The first kappa shape index (κ1) is 22.8. The molecule has 0 amide bonds. The number of ether oxygens (including phenoxy) is 2. The van der Waals surface area contributed by atoms with E-state index in [1.54, 1.807) is 6.08 Å². The number of hydrogen-bond acceptors (Lipinski definition) is 4. The predicted octanol–water partition coefficient (Wildman–Crippen LogP) is 6.49. The van der Waals surface area contributed by atoms with Crippen LogP contribution in [0, 0.1) is 27.4 Å². The van der Waals surface area contributed by atoms with Crippen molar-refractivity contribution in [2.45, 2.75) is 53.6 Å². The molecule has 165 valence electrons. The lowest BCUT2D eigenvalue weighted by Gasteiger charge is -2.39. The molecule has 0 aliphatic carbocycles. The average Bonchev–Trinajstić information content (AvgIpc) is 3.15. The van der Waals surface area contributed by atoms with Crippen LogP contribution in [-0.4, -0.2) is 24.2 Å². The van der Waals surface area contributed by atoms with Crippen LogP contribution in [0.1, 0.15) is 48.9 Å². The van der Waals surface area contributed by atoms with Crippen LogP contribution in [0.4, 0.5) is 5.69 Å². The molecule has 2 aromatic carbocycles. The van der Waals surface area contributed by atoms with Crippen molar-refractivity contribution in [3.05, 3.63) is 78.2 Å². The highest BCUT2D eigenvalue weighted by Crippen LogP contribution is 2.30. The molecule has 0 fully saturated rings. The van der Waals surface area contributed by atoms with Crippen LogP contribution in [0.15, 0.2) is 49.3 Å². The van der Waals surface area contributed by atoms with Gasteiger partial charge in [0.2, 0.25) is 0 Å². The van der Waals surface area contributed by atoms with Crippen LogP contribution >= 0.6 is 0 Å². The van der Waals surface area contributed by atoms with Gasteiger partial charge in [-0.15, -0.1) is 0 Å². The molecule has 0 aromatic heterocycles. The van der Waals surface area contributed by atoms with Crippen molar-refractivity contribution in [2.24, 2.45) is 0 Å².